The van der Waals surface area contributed by atoms with E-state index in [0.29, 0.717) is 22.4 Å². The highest BCUT2D eigenvalue weighted by Crippen LogP contribution is 2.31. The maximum absolute atomic E-state index is 12.3. The molecule has 26 heavy (non-hydrogen) atoms. The SMILES string of the molecule is CNC(=O)c1cccc(NC(=O)CSc2nnnn2C2CCCC2)c1C. The van der Waals surface area contributed by atoms with Gasteiger partial charge in [0.2, 0.25) is 11.1 Å². The van der Waals surface area contributed by atoms with Gasteiger partial charge in [-0.1, -0.05) is 30.7 Å². The molecule has 2 aromatic rings. The molecular weight excluding hydrogens is 352 g/mol. The number of hydrogen-bond donors (Lipinski definition) is 2. The van der Waals surface area contributed by atoms with E-state index in [4.69, 9.17) is 0 Å². The van der Waals surface area contributed by atoms with E-state index in [9.17, 15) is 9.59 Å². The van der Waals surface area contributed by atoms with E-state index in [-0.39, 0.29) is 17.6 Å². The van der Waals surface area contributed by atoms with Gasteiger partial charge in [0.05, 0.1) is 11.8 Å². The minimum absolute atomic E-state index is 0.159. The Hall–Kier alpha value is -2.42. The number of thioether (sulfide) groups is 1. The van der Waals surface area contributed by atoms with Gasteiger partial charge in [-0.15, -0.1) is 5.10 Å². The summed E-state index contributed by atoms with van der Waals surface area (Å²) in [6.45, 7) is 1.81. The fourth-order valence-corrected chi connectivity index (χ4v) is 3.87. The Morgan fingerprint density at radius 1 is 1.31 bits per heavy atom. The lowest BCUT2D eigenvalue weighted by Gasteiger charge is -2.12. The lowest BCUT2D eigenvalue weighted by molar-refractivity contribution is -0.113. The van der Waals surface area contributed by atoms with E-state index in [0.717, 1.165) is 18.4 Å². The Labute approximate surface area is 156 Å². The van der Waals surface area contributed by atoms with Crippen molar-refractivity contribution in [3.8, 4) is 0 Å². The van der Waals surface area contributed by atoms with Crippen molar-refractivity contribution in [2.45, 2.75) is 43.8 Å². The average molecular weight is 374 g/mol. The van der Waals surface area contributed by atoms with Gasteiger partial charge in [-0.25, -0.2) is 4.68 Å². The summed E-state index contributed by atoms with van der Waals surface area (Å²) < 4.78 is 1.84. The predicted octanol–water partition coefficient (Wildman–Crippen LogP) is 2.19. The molecular formula is C17H22N6O2S. The van der Waals surface area contributed by atoms with E-state index in [1.165, 1.54) is 24.6 Å². The Morgan fingerprint density at radius 2 is 2.08 bits per heavy atom. The lowest BCUT2D eigenvalue weighted by Crippen LogP contribution is -2.21. The molecule has 2 amide bonds. The molecule has 9 heteroatoms. The van der Waals surface area contributed by atoms with Crippen molar-refractivity contribution in [1.29, 1.82) is 0 Å². The van der Waals surface area contributed by atoms with E-state index >= 15 is 0 Å². The molecule has 1 aromatic carbocycles. The number of rotatable bonds is 6. The molecule has 3 rings (SSSR count). The Balaban J connectivity index is 1.62. The van der Waals surface area contributed by atoms with Crippen LogP contribution < -0.4 is 10.6 Å². The third-order valence-electron chi connectivity index (χ3n) is 4.55. The zero-order chi connectivity index (χ0) is 18.5. The van der Waals surface area contributed by atoms with Gasteiger partial charge in [-0.2, -0.15) is 0 Å². The van der Waals surface area contributed by atoms with Crippen LogP contribution in [-0.2, 0) is 4.79 Å². The molecule has 0 unspecified atom stereocenters. The van der Waals surface area contributed by atoms with Crippen LogP contribution in [0.1, 0.15) is 47.6 Å². The maximum Gasteiger partial charge on any atom is 0.251 e. The average Bonchev–Trinajstić information content (AvgIpc) is 3.32. The summed E-state index contributed by atoms with van der Waals surface area (Å²) in [6.07, 6.45) is 4.54. The number of nitrogens with one attached hydrogen (secondary N) is 2. The van der Waals surface area contributed by atoms with Crippen molar-refractivity contribution >= 4 is 29.3 Å². The smallest absolute Gasteiger partial charge is 0.251 e. The molecule has 1 aromatic heterocycles. The minimum Gasteiger partial charge on any atom is -0.355 e. The topological polar surface area (TPSA) is 102 Å². The second-order valence-electron chi connectivity index (χ2n) is 6.24. The summed E-state index contributed by atoms with van der Waals surface area (Å²) in [5.41, 5.74) is 1.91. The number of anilines is 1. The Morgan fingerprint density at radius 3 is 2.81 bits per heavy atom. The summed E-state index contributed by atoms with van der Waals surface area (Å²) in [7, 11) is 1.58. The molecule has 1 heterocycles. The highest BCUT2D eigenvalue weighted by molar-refractivity contribution is 7.99. The van der Waals surface area contributed by atoms with Gasteiger partial charge in [0.15, 0.2) is 0 Å². The van der Waals surface area contributed by atoms with Crippen LogP contribution >= 0.6 is 11.8 Å². The van der Waals surface area contributed by atoms with Crippen LogP contribution in [0, 0.1) is 6.92 Å². The van der Waals surface area contributed by atoms with Crippen LogP contribution in [0.5, 0.6) is 0 Å². The van der Waals surface area contributed by atoms with Crippen LogP contribution in [0.4, 0.5) is 5.69 Å². The summed E-state index contributed by atoms with van der Waals surface area (Å²) in [5.74, 6) is -0.131. The van der Waals surface area contributed by atoms with Gasteiger partial charge >= 0.3 is 0 Å². The molecule has 0 radical (unpaired) electrons. The molecule has 2 N–H and O–H groups in total. The van der Waals surface area contributed by atoms with Crippen molar-refractivity contribution in [2.75, 3.05) is 18.1 Å². The summed E-state index contributed by atoms with van der Waals surface area (Å²) in [5, 5.41) is 18.0. The van der Waals surface area contributed by atoms with Gasteiger partial charge in [0.25, 0.3) is 5.91 Å². The minimum atomic E-state index is -0.177. The number of aromatic nitrogens is 4. The van der Waals surface area contributed by atoms with Crippen LogP contribution in [0.25, 0.3) is 0 Å². The summed E-state index contributed by atoms with van der Waals surface area (Å²) in [6, 6.07) is 5.60. The van der Waals surface area contributed by atoms with E-state index in [1.807, 2.05) is 11.6 Å². The molecule has 0 atom stereocenters. The van der Waals surface area contributed by atoms with Crippen LogP contribution in [-0.4, -0.2) is 44.8 Å². The normalized spacial score (nSPS) is 14.4. The van der Waals surface area contributed by atoms with Crippen LogP contribution in [0.15, 0.2) is 23.4 Å². The van der Waals surface area contributed by atoms with Crippen molar-refractivity contribution in [1.82, 2.24) is 25.5 Å². The van der Waals surface area contributed by atoms with E-state index in [2.05, 4.69) is 26.2 Å². The number of nitrogens with zero attached hydrogens (tertiary/aromatic N) is 4. The molecule has 1 saturated carbocycles. The summed E-state index contributed by atoms with van der Waals surface area (Å²) >= 11 is 1.32. The zero-order valence-electron chi connectivity index (χ0n) is 14.9. The number of amides is 2. The number of carbonyl (C=O) groups is 2. The standard InChI is InChI=1S/C17H22N6O2S/c1-11-13(16(25)18-2)8-5-9-14(11)19-15(24)10-26-17-20-21-22-23(17)12-6-3-4-7-12/h5,8-9,12H,3-4,6-7,10H2,1-2H3,(H,18,25)(H,19,24). The molecule has 8 nitrogen and oxygen atoms in total. The molecule has 0 spiro atoms. The van der Waals surface area contributed by atoms with Crippen molar-refractivity contribution in [2.24, 2.45) is 0 Å². The van der Waals surface area contributed by atoms with E-state index in [1.54, 1.807) is 25.2 Å². The maximum atomic E-state index is 12.3. The second kappa shape index (κ2) is 8.31. The van der Waals surface area contributed by atoms with Gasteiger partial charge in [0.1, 0.15) is 0 Å². The summed E-state index contributed by atoms with van der Waals surface area (Å²) in [4.78, 5) is 24.2. The molecule has 0 bridgehead atoms. The first-order valence-electron chi connectivity index (χ1n) is 8.62. The molecule has 1 fully saturated rings. The largest absolute Gasteiger partial charge is 0.355 e. The number of carbonyl (C=O) groups excluding carboxylic acids is 2. The van der Waals surface area contributed by atoms with Gasteiger partial charge in [-0.05, 0) is 47.9 Å². The third kappa shape index (κ3) is 4.04. The van der Waals surface area contributed by atoms with Gasteiger partial charge < -0.3 is 10.6 Å². The lowest BCUT2D eigenvalue weighted by atomic mass is 10.1. The number of tetrazole rings is 1. The monoisotopic (exact) mass is 374 g/mol. The van der Waals surface area contributed by atoms with E-state index < -0.39 is 0 Å². The molecule has 1 aliphatic carbocycles. The quantitative estimate of drug-likeness (QED) is 0.752. The van der Waals surface area contributed by atoms with Crippen LogP contribution in [0.3, 0.4) is 0 Å². The Kier molecular flexibility index (Phi) is 5.87. The number of benzene rings is 1. The van der Waals surface area contributed by atoms with Crippen molar-refractivity contribution < 1.29 is 9.59 Å². The highest BCUT2D eigenvalue weighted by atomic mass is 32.2. The van der Waals surface area contributed by atoms with Gasteiger partial charge in [0, 0.05) is 18.3 Å². The fraction of sp³-hybridized carbons (Fsp3) is 0.471. The highest BCUT2D eigenvalue weighted by Gasteiger charge is 2.22. The first-order chi connectivity index (χ1) is 12.6. The molecule has 1 aliphatic rings. The zero-order valence-corrected chi connectivity index (χ0v) is 15.7. The second-order valence-corrected chi connectivity index (χ2v) is 7.18. The van der Waals surface area contributed by atoms with Crippen molar-refractivity contribution in [3.05, 3.63) is 29.3 Å². The van der Waals surface area contributed by atoms with Crippen molar-refractivity contribution in [3.63, 3.8) is 0 Å². The Bertz CT molecular complexity index is 800. The molecule has 138 valence electrons. The third-order valence-corrected chi connectivity index (χ3v) is 5.48. The molecule has 0 saturated heterocycles. The molecule has 0 aliphatic heterocycles. The van der Waals surface area contributed by atoms with Crippen LogP contribution in [0.2, 0.25) is 0 Å². The van der Waals surface area contributed by atoms with Gasteiger partial charge in [-0.3, -0.25) is 9.59 Å². The number of hydrogen-bond acceptors (Lipinski definition) is 6. The first kappa shape index (κ1) is 18.4. The first-order valence-corrected chi connectivity index (χ1v) is 9.61. The fourth-order valence-electron chi connectivity index (χ4n) is 3.13. The predicted molar refractivity (Wildman–Crippen MR) is 99.2 cm³/mol.